The Morgan fingerprint density at radius 3 is 2.71 bits per heavy atom. The summed E-state index contributed by atoms with van der Waals surface area (Å²) in [6.45, 7) is 0. The number of pyridine rings is 1. The number of carbonyl (C=O) groups is 1. The molecule has 0 aliphatic rings. The van der Waals surface area contributed by atoms with Crippen molar-refractivity contribution >= 4 is 21.9 Å². The molecule has 0 amide bonds. The molecule has 0 saturated carbocycles. The first kappa shape index (κ1) is 14.0. The van der Waals surface area contributed by atoms with Crippen LogP contribution in [0.5, 0.6) is 0 Å². The van der Waals surface area contributed by atoms with Gasteiger partial charge in [-0.05, 0) is 5.56 Å². The van der Waals surface area contributed by atoms with Crippen molar-refractivity contribution in [3.63, 3.8) is 0 Å². The van der Waals surface area contributed by atoms with Crippen molar-refractivity contribution in [2.24, 2.45) is 0 Å². The molecule has 0 unspecified atom stereocenters. The van der Waals surface area contributed by atoms with Crippen LogP contribution in [0, 0.1) is 5.82 Å². The van der Waals surface area contributed by atoms with Crippen LogP contribution in [0.15, 0.2) is 6.20 Å². The number of esters is 1. The molecule has 0 spiro atoms. The molecule has 1 aromatic rings. The maximum Gasteiger partial charge on any atom is 0.310 e. The van der Waals surface area contributed by atoms with Crippen molar-refractivity contribution in [1.29, 1.82) is 0 Å². The summed E-state index contributed by atoms with van der Waals surface area (Å²) in [7, 11) is 1.13. The monoisotopic (exact) mass is 311 g/mol. The van der Waals surface area contributed by atoms with Crippen LogP contribution in [-0.4, -0.2) is 18.1 Å². The molecule has 94 valence electrons. The van der Waals surface area contributed by atoms with E-state index in [0.29, 0.717) is 0 Å². The lowest BCUT2D eigenvalue weighted by Crippen LogP contribution is -2.11. The summed E-state index contributed by atoms with van der Waals surface area (Å²) in [5.74, 6) is -1.81. The summed E-state index contributed by atoms with van der Waals surface area (Å²) >= 11 is 2.94. The van der Waals surface area contributed by atoms with Gasteiger partial charge in [-0.2, -0.15) is 0 Å². The normalized spacial score (nSPS) is 10.7. The lowest BCUT2D eigenvalue weighted by Gasteiger charge is -2.10. The molecular weight excluding hydrogens is 303 g/mol. The molecule has 0 radical (unpaired) electrons. The maximum atomic E-state index is 13.6. The molecule has 1 rings (SSSR count). The first-order valence-electron chi connectivity index (χ1n) is 4.58. The van der Waals surface area contributed by atoms with Gasteiger partial charge >= 0.3 is 5.97 Å². The van der Waals surface area contributed by atoms with Crippen molar-refractivity contribution in [2.45, 2.75) is 18.2 Å². The third-order valence-electron chi connectivity index (χ3n) is 2.12. The van der Waals surface area contributed by atoms with Crippen LogP contribution in [0.1, 0.15) is 23.2 Å². The van der Waals surface area contributed by atoms with E-state index in [4.69, 9.17) is 0 Å². The summed E-state index contributed by atoms with van der Waals surface area (Å²) in [5.41, 5.74) is -1.07. The van der Waals surface area contributed by atoms with Crippen LogP contribution in [0.2, 0.25) is 0 Å². The average molecular weight is 312 g/mol. The molecule has 0 atom stereocenters. The molecule has 17 heavy (non-hydrogen) atoms. The van der Waals surface area contributed by atoms with E-state index in [1.807, 2.05) is 0 Å². The van der Waals surface area contributed by atoms with Gasteiger partial charge in [0.15, 0.2) is 5.82 Å². The van der Waals surface area contributed by atoms with Gasteiger partial charge in [0.1, 0.15) is 0 Å². The van der Waals surface area contributed by atoms with Gasteiger partial charge in [-0.3, -0.25) is 9.78 Å². The second kappa shape index (κ2) is 6.00. The van der Waals surface area contributed by atoms with Gasteiger partial charge < -0.3 is 4.74 Å². The molecule has 0 aliphatic heterocycles. The topological polar surface area (TPSA) is 39.2 Å². The van der Waals surface area contributed by atoms with E-state index in [9.17, 15) is 18.0 Å². The Morgan fingerprint density at radius 1 is 1.59 bits per heavy atom. The Morgan fingerprint density at radius 2 is 2.24 bits per heavy atom. The average Bonchev–Trinajstić information content (AvgIpc) is 2.28. The number of alkyl halides is 3. The number of methoxy groups -OCH3 is 1. The van der Waals surface area contributed by atoms with Crippen LogP contribution in [-0.2, 0) is 21.3 Å². The van der Waals surface area contributed by atoms with Crippen molar-refractivity contribution in [3.05, 3.63) is 28.8 Å². The number of aromatic nitrogens is 1. The fourth-order valence-electron chi connectivity index (χ4n) is 1.28. The molecule has 0 saturated heterocycles. The van der Waals surface area contributed by atoms with E-state index in [2.05, 4.69) is 25.7 Å². The quantitative estimate of drug-likeness (QED) is 0.634. The van der Waals surface area contributed by atoms with Crippen molar-refractivity contribution in [1.82, 2.24) is 4.98 Å². The number of rotatable bonds is 4. The second-order valence-electron chi connectivity index (χ2n) is 3.15. The smallest absolute Gasteiger partial charge is 0.310 e. The van der Waals surface area contributed by atoms with Gasteiger partial charge in [-0.15, -0.1) is 0 Å². The Labute approximate surface area is 104 Å². The largest absolute Gasteiger partial charge is 0.469 e. The molecule has 3 nitrogen and oxygen atoms in total. The van der Waals surface area contributed by atoms with Crippen LogP contribution >= 0.6 is 15.9 Å². The van der Waals surface area contributed by atoms with Gasteiger partial charge in [-0.1, -0.05) is 15.9 Å². The predicted molar refractivity (Wildman–Crippen MR) is 57.5 cm³/mol. The molecule has 0 aliphatic carbocycles. The minimum atomic E-state index is -3.00. The van der Waals surface area contributed by atoms with Gasteiger partial charge in [0.2, 0.25) is 0 Å². The summed E-state index contributed by atoms with van der Waals surface area (Å²) in [4.78, 5) is 14.7. The highest BCUT2D eigenvalue weighted by molar-refractivity contribution is 9.08. The number of hydrogen-bond donors (Lipinski definition) is 0. The second-order valence-corrected chi connectivity index (χ2v) is 3.71. The zero-order chi connectivity index (χ0) is 13.0. The maximum absolute atomic E-state index is 13.6. The van der Waals surface area contributed by atoms with E-state index >= 15 is 0 Å². The number of hydrogen-bond acceptors (Lipinski definition) is 3. The summed E-state index contributed by atoms with van der Waals surface area (Å²) in [6, 6.07) is 0. The van der Waals surface area contributed by atoms with Gasteiger partial charge in [0.05, 0.1) is 24.8 Å². The Balaban J connectivity index is 3.21. The highest BCUT2D eigenvalue weighted by atomic mass is 79.9. The lowest BCUT2D eigenvalue weighted by molar-refractivity contribution is -0.139. The Hall–Kier alpha value is -1.11. The molecule has 1 heterocycles. The molecular formula is C10H9BrF3NO2. The lowest BCUT2D eigenvalue weighted by atomic mass is 10.1. The molecule has 7 heteroatoms. The summed E-state index contributed by atoms with van der Waals surface area (Å²) in [6.07, 6.45) is -2.36. The van der Waals surface area contributed by atoms with Crippen LogP contribution in [0.4, 0.5) is 13.2 Å². The van der Waals surface area contributed by atoms with Gasteiger partial charge in [0.25, 0.3) is 6.43 Å². The highest BCUT2D eigenvalue weighted by Crippen LogP contribution is 2.28. The first-order chi connectivity index (χ1) is 8.01. The van der Waals surface area contributed by atoms with E-state index < -0.39 is 30.2 Å². The molecule has 0 bridgehead atoms. The zero-order valence-electron chi connectivity index (χ0n) is 8.84. The summed E-state index contributed by atoms with van der Waals surface area (Å²) < 4.78 is 43.4. The van der Waals surface area contributed by atoms with Gasteiger partial charge in [0, 0.05) is 11.5 Å². The van der Waals surface area contributed by atoms with E-state index in [0.717, 1.165) is 13.3 Å². The van der Waals surface area contributed by atoms with E-state index in [-0.39, 0.29) is 16.6 Å². The van der Waals surface area contributed by atoms with Crippen molar-refractivity contribution in [2.75, 3.05) is 7.11 Å². The highest BCUT2D eigenvalue weighted by Gasteiger charge is 2.23. The fraction of sp³-hybridized carbons (Fsp3) is 0.400. The molecule has 0 N–H and O–H groups in total. The van der Waals surface area contributed by atoms with Crippen LogP contribution in [0.25, 0.3) is 0 Å². The number of ether oxygens (including phenoxy) is 1. The molecule has 1 aromatic heterocycles. The Bertz CT molecular complexity index is 426. The standard InChI is InChI=1S/C10H9BrF3NO2/c1-17-7(16)2-5-4-15-6(3-11)9(12)8(5)10(13)14/h4,10H,2-3H2,1H3. The van der Waals surface area contributed by atoms with Crippen molar-refractivity contribution < 1.29 is 22.7 Å². The zero-order valence-corrected chi connectivity index (χ0v) is 10.4. The van der Waals surface area contributed by atoms with Gasteiger partial charge in [-0.25, -0.2) is 13.2 Å². The summed E-state index contributed by atoms with van der Waals surface area (Å²) in [5, 5.41) is 0.0249. The SMILES string of the molecule is COC(=O)Cc1cnc(CBr)c(F)c1C(F)F. The van der Waals surface area contributed by atoms with Crippen LogP contribution < -0.4 is 0 Å². The van der Waals surface area contributed by atoms with E-state index in [1.54, 1.807) is 0 Å². The minimum Gasteiger partial charge on any atom is -0.469 e. The fourth-order valence-corrected chi connectivity index (χ4v) is 1.67. The molecule has 0 aromatic carbocycles. The number of nitrogens with zero attached hydrogens (tertiary/aromatic N) is 1. The Kier molecular flexibility index (Phi) is 4.92. The number of carbonyl (C=O) groups excluding carboxylic acids is 1. The number of halogens is 4. The first-order valence-corrected chi connectivity index (χ1v) is 5.70. The third kappa shape index (κ3) is 3.18. The predicted octanol–water partition coefficient (Wildman–Crippen LogP) is 2.77. The minimum absolute atomic E-state index is 0.0249. The van der Waals surface area contributed by atoms with Crippen LogP contribution in [0.3, 0.4) is 0 Å². The van der Waals surface area contributed by atoms with E-state index in [1.165, 1.54) is 0 Å². The van der Waals surface area contributed by atoms with Crippen molar-refractivity contribution in [3.8, 4) is 0 Å². The molecule has 0 fully saturated rings. The third-order valence-corrected chi connectivity index (χ3v) is 2.65.